The van der Waals surface area contributed by atoms with Crippen LogP contribution in [-0.4, -0.2) is 23.3 Å². The smallest absolute Gasteiger partial charge is 0.399 e. The molecule has 7 heteroatoms. The molecule has 21 heavy (non-hydrogen) atoms. The SMILES string of the molecule is Cc1nc2cc(B3OC(C)(C)C(C)(C)O3)c(F)c(F)c2s1. The third-order valence-corrected chi connectivity index (χ3v) is 5.18. The average Bonchev–Trinajstić information content (AvgIpc) is 2.82. The molecule has 112 valence electrons. The van der Waals surface area contributed by atoms with Gasteiger partial charge < -0.3 is 9.31 Å². The minimum absolute atomic E-state index is 0.0592. The lowest BCUT2D eigenvalue weighted by molar-refractivity contribution is 0.00578. The number of rotatable bonds is 1. The Labute approximate surface area is 126 Å². The molecule has 2 heterocycles. The summed E-state index contributed by atoms with van der Waals surface area (Å²) >= 11 is 1.14. The van der Waals surface area contributed by atoms with Crippen molar-refractivity contribution < 1.29 is 18.1 Å². The fourth-order valence-corrected chi connectivity index (χ4v) is 3.10. The summed E-state index contributed by atoms with van der Waals surface area (Å²) in [6, 6.07) is 1.51. The van der Waals surface area contributed by atoms with Crippen molar-refractivity contribution in [2.24, 2.45) is 0 Å². The van der Waals surface area contributed by atoms with E-state index in [2.05, 4.69) is 4.98 Å². The number of aryl methyl sites for hydroxylation is 1. The number of hydrogen-bond donors (Lipinski definition) is 0. The van der Waals surface area contributed by atoms with Crippen LogP contribution in [0.15, 0.2) is 6.07 Å². The van der Waals surface area contributed by atoms with Crippen LogP contribution in [0.3, 0.4) is 0 Å². The summed E-state index contributed by atoms with van der Waals surface area (Å²) in [5.41, 5.74) is -0.716. The Morgan fingerprint density at radius 1 is 1.10 bits per heavy atom. The Hall–Kier alpha value is -1.05. The van der Waals surface area contributed by atoms with Gasteiger partial charge in [-0.25, -0.2) is 13.8 Å². The Morgan fingerprint density at radius 3 is 2.24 bits per heavy atom. The van der Waals surface area contributed by atoms with Crippen LogP contribution in [0.2, 0.25) is 0 Å². The first-order chi connectivity index (χ1) is 9.62. The summed E-state index contributed by atoms with van der Waals surface area (Å²) in [6.07, 6.45) is 0. The lowest BCUT2D eigenvalue weighted by atomic mass is 9.78. The van der Waals surface area contributed by atoms with E-state index in [1.807, 2.05) is 27.7 Å². The summed E-state index contributed by atoms with van der Waals surface area (Å²) in [7, 11) is -0.934. The molecule has 0 spiro atoms. The van der Waals surface area contributed by atoms with Gasteiger partial charge in [-0.2, -0.15) is 0 Å². The molecule has 0 aliphatic carbocycles. The van der Waals surface area contributed by atoms with Crippen LogP contribution < -0.4 is 5.46 Å². The lowest BCUT2D eigenvalue weighted by Crippen LogP contribution is -2.41. The number of nitrogens with zero attached hydrogens (tertiary/aromatic N) is 1. The molecule has 0 radical (unpaired) electrons. The van der Waals surface area contributed by atoms with E-state index >= 15 is 0 Å². The van der Waals surface area contributed by atoms with E-state index < -0.39 is 30.0 Å². The van der Waals surface area contributed by atoms with E-state index in [4.69, 9.17) is 9.31 Å². The highest BCUT2D eigenvalue weighted by atomic mass is 32.1. The summed E-state index contributed by atoms with van der Waals surface area (Å²) in [5.74, 6) is -1.81. The third kappa shape index (κ3) is 2.18. The second-order valence-corrected chi connectivity index (χ2v) is 7.47. The quantitative estimate of drug-likeness (QED) is 0.758. The fraction of sp³-hybridized carbons (Fsp3) is 0.500. The van der Waals surface area contributed by atoms with Crippen LogP contribution in [0.25, 0.3) is 10.2 Å². The molecule has 0 saturated carbocycles. The molecule has 1 saturated heterocycles. The average molecular weight is 311 g/mol. The number of aromatic nitrogens is 1. The van der Waals surface area contributed by atoms with Crippen molar-refractivity contribution in [3.8, 4) is 0 Å². The number of halogens is 2. The van der Waals surface area contributed by atoms with Crippen molar-refractivity contribution in [3.63, 3.8) is 0 Å². The molecule has 2 aromatic rings. The van der Waals surface area contributed by atoms with Gasteiger partial charge in [0.05, 0.1) is 26.4 Å². The first-order valence-electron chi connectivity index (χ1n) is 6.73. The Morgan fingerprint density at radius 2 is 1.67 bits per heavy atom. The van der Waals surface area contributed by atoms with Gasteiger partial charge in [0.15, 0.2) is 11.6 Å². The van der Waals surface area contributed by atoms with Crippen LogP contribution in [0.5, 0.6) is 0 Å². The van der Waals surface area contributed by atoms with Gasteiger partial charge in [-0.1, -0.05) is 0 Å². The predicted molar refractivity (Wildman–Crippen MR) is 80.0 cm³/mol. The van der Waals surface area contributed by atoms with Gasteiger partial charge in [0.1, 0.15) is 0 Å². The summed E-state index contributed by atoms with van der Waals surface area (Å²) in [4.78, 5) is 4.22. The maximum absolute atomic E-state index is 14.3. The summed E-state index contributed by atoms with van der Waals surface area (Å²) < 4.78 is 40.3. The molecule has 0 unspecified atom stereocenters. The molecule has 1 aliphatic rings. The number of hydrogen-bond acceptors (Lipinski definition) is 4. The first kappa shape index (κ1) is 14.9. The minimum atomic E-state index is -0.934. The van der Waals surface area contributed by atoms with Crippen molar-refractivity contribution >= 4 is 34.1 Å². The monoisotopic (exact) mass is 311 g/mol. The summed E-state index contributed by atoms with van der Waals surface area (Å²) in [6.45, 7) is 9.23. The molecular weight excluding hydrogens is 295 g/mol. The van der Waals surface area contributed by atoms with Gasteiger partial charge in [0.2, 0.25) is 0 Å². The molecule has 0 atom stereocenters. The maximum Gasteiger partial charge on any atom is 0.498 e. The normalized spacial score (nSPS) is 20.4. The van der Waals surface area contributed by atoms with Gasteiger partial charge in [-0.15, -0.1) is 11.3 Å². The standard InChI is InChI=1S/C14H16BF2NO2S/c1-7-18-9-6-8(10(16)11(17)12(9)21-7)15-19-13(2,3)14(4,5)20-15/h6H,1-5H3. The first-order valence-corrected chi connectivity index (χ1v) is 7.55. The van der Waals surface area contributed by atoms with Gasteiger partial charge >= 0.3 is 7.12 Å². The van der Waals surface area contributed by atoms with E-state index in [1.54, 1.807) is 6.92 Å². The van der Waals surface area contributed by atoms with Gasteiger partial charge in [0, 0.05) is 5.46 Å². The highest BCUT2D eigenvalue weighted by Gasteiger charge is 2.52. The Balaban J connectivity index is 2.12. The number of fused-ring (bicyclic) bond motifs is 1. The van der Waals surface area contributed by atoms with E-state index in [0.29, 0.717) is 10.5 Å². The van der Waals surface area contributed by atoms with Crippen molar-refractivity contribution in [2.45, 2.75) is 45.8 Å². The van der Waals surface area contributed by atoms with Gasteiger partial charge in [0.25, 0.3) is 0 Å². The molecule has 0 amide bonds. The van der Waals surface area contributed by atoms with Crippen molar-refractivity contribution in [3.05, 3.63) is 22.7 Å². The van der Waals surface area contributed by atoms with Crippen LogP contribution in [0.1, 0.15) is 32.7 Å². The zero-order valence-corrected chi connectivity index (χ0v) is 13.4. The number of benzene rings is 1. The van der Waals surface area contributed by atoms with Crippen LogP contribution in [0, 0.1) is 18.6 Å². The molecule has 1 fully saturated rings. The molecule has 0 N–H and O–H groups in total. The topological polar surface area (TPSA) is 31.4 Å². The zero-order chi connectivity index (χ0) is 15.6. The van der Waals surface area contributed by atoms with Crippen molar-refractivity contribution in [1.29, 1.82) is 0 Å². The van der Waals surface area contributed by atoms with Crippen LogP contribution >= 0.6 is 11.3 Å². The molecule has 3 nitrogen and oxygen atoms in total. The van der Waals surface area contributed by atoms with E-state index in [-0.39, 0.29) is 10.2 Å². The second-order valence-electron chi connectivity index (χ2n) is 6.26. The highest BCUT2D eigenvalue weighted by Crippen LogP contribution is 2.37. The number of thiazole rings is 1. The molecule has 3 rings (SSSR count). The highest BCUT2D eigenvalue weighted by molar-refractivity contribution is 7.18. The van der Waals surface area contributed by atoms with Crippen LogP contribution in [-0.2, 0) is 9.31 Å². The Bertz CT molecular complexity index is 713. The summed E-state index contributed by atoms with van der Waals surface area (Å²) in [5, 5.41) is 0.689. The fourth-order valence-electron chi connectivity index (χ4n) is 2.28. The van der Waals surface area contributed by atoms with E-state index in [9.17, 15) is 8.78 Å². The van der Waals surface area contributed by atoms with Crippen LogP contribution in [0.4, 0.5) is 8.78 Å². The van der Waals surface area contributed by atoms with Gasteiger partial charge in [-0.05, 0) is 40.7 Å². The van der Waals surface area contributed by atoms with Gasteiger partial charge in [-0.3, -0.25) is 0 Å². The molecule has 0 bridgehead atoms. The minimum Gasteiger partial charge on any atom is -0.399 e. The molecule has 1 aliphatic heterocycles. The molecule has 1 aromatic heterocycles. The van der Waals surface area contributed by atoms with Crippen molar-refractivity contribution in [1.82, 2.24) is 4.98 Å². The van der Waals surface area contributed by atoms with E-state index in [1.165, 1.54) is 6.07 Å². The second kappa shape index (κ2) is 4.47. The molecular formula is C14H16BF2NO2S. The van der Waals surface area contributed by atoms with Crippen molar-refractivity contribution in [2.75, 3.05) is 0 Å². The Kier molecular flexibility index (Phi) is 3.17. The maximum atomic E-state index is 14.3. The largest absolute Gasteiger partial charge is 0.498 e. The van der Waals surface area contributed by atoms with E-state index in [0.717, 1.165) is 11.3 Å². The lowest BCUT2D eigenvalue weighted by Gasteiger charge is -2.32. The third-order valence-electron chi connectivity index (χ3n) is 4.21. The zero-order valence-electron chi connectivity index (χ0n) is 12.6. The molecule has 1 aromatic carbocycles. The predicted octanol–water partition coefficient (Wildman–Crippen LogP) is 3.18.